The van der Waals surface area contributed by atoms with Gasteiger partial charge in [-0.15, -0.1) is 5.10 Å². The predicted molar refractivity (Wildman–Crippen MR) is 116 cm³/mol. The molecule has 1 amide bonds. The Kier molecular flexibility index (Phi) is 5.45. The van der Waals surface area contributed by atoms with Gasteiger partial charge in [0.2, 0.25) is 11.6 Å². The van der Waals surface area contributed by atoms with Crippen molar-refractivity contribution in [2.24, 2.45) is 0 Å². The summed E-state index contributed by atoms with van der Waals surface area (Å²) < 4.78 is 6.64. The molecule has 1 fully saturated rings. The normalized spacial score (nSPS) is 14.8. The molecule has 0 saturated carbocycles. The molecule has 170 valence electrons. The summed E-state index contributed by atoms with van der Waals surface area (Å²) in [6.45, 7) is 9.31. The average molecular weight is 442 g/mol. The highest BCUT2D eigenvalue weighted by Crippen LogP contribution is 2.20. The standard InChI is InChI=1S/C20H26N8O4/c1-5-13-14(26-6-8-27(9-7-26)19(31)32-20(2,3)4)17(30)28-18(23-13)24-16(25-28)15-21-10-12(29)11-22-15/h10-11,29H,5-9H2,1-4H3,(H,23,24,25). The number of aromatic amines is 1. The third-order valence-electron chi connectivity index (χ3n) is 4.99. The van der Waals surface area contributed by atoms with Crippen LogP contribution in [0, 0.1) is 0 Å². The molecule has 12 nitrogen and oxygen atoms in total. The van der Waals surface area contributed by atoms with Crippen LogP contribution in [0.2, 0.25) is 0 Å². The van der Waals surface area contributed by atoms with Crippen LogP contribution in [0.15, 0.2) is 17.2 Å². The van der Waals surface area contributed by atoms with Crippen LogP contribution in [0.1, 0.15) is 33.4 Å². The molecule has 0 atom stereocenters. The number of aromatic nitrogens is 6. The number of hydrogen-bond acceptors (Lipinski definition) is 9. The first-order chi connectivity index (χ1) is 15.2. The Balaban J connectivity index is 1.62. The van der Waals surface area contributed by atoms with E-state index in [-0.39, 0.29) is 34.8 Å². The van der Waals surface area contributed by atoms with Gasteiger partial charge in [0.1, 0.15) is 11.3 Å². The van der Waals surface area contributed by atoms with Crippen LogP contribution in [0.25, 0.3) is 17.4 Å². The van der Waals surface area contributed by atoms with E-state index < -0.39 is 5.60 Å². The van der Waals surface area contributed by atoms with E-state index in [9.17, 15) is 14.7 Å². The van der Waals surface area contributed by atoms with Crippen molar-refractivity contribution in [3.8, 4) is 17.4 Å². The lowest BCUT2D eigenvalue weighted by molar-refractivity contribution is 0.0240. The van der Waals surface area contributed by atoms with Crippen molar-refractivity contribution in [1.29, 1.82) is 0 Å². The maximum Gasteiger partial charge on any atom is 0.410 e. The number of carbonyl (C=O) groups is 1. The Hall–Kier alpha value is -3.70. The third-order valence-corrected chi connectivity index (χ3v) is 4.99. The summed E-state index contributed by atoms with van der Waals surface area (Å²) in [5, 5.41) is 13.7. The van der Waals surface area contributed by atoms with Gasteiger partial charge in [-0.05, 0) is 27.2 Å². The van der Waals surface area contributed by atoms with Crippen molar-refractivity contribution in [2.75, 3.05) is 31.1 Å². The summed E-state index contributed by atoms with van der Waals surface area (Å²) in [6, 6.07) is 0. The van der Waals surface area contributed by atoms with E-state index in [0.29, 0.717) is 38.3 Å². The number of aromatic hydroxyl groups is 1. The molecule has 2 N–H and O–H groups in total. The van der Waals surface area contributed by atoms with E-state index in [1.165, 1.54) is 16.9 Å². The van der Waals surface area contributed by atoms with Crippen LogP contribution in [-0.4, -0.2) is 77.4 Å². The van der Waals surface area contributed by atoms with Gasteiger partial charge in [0.15, 0.2) is 11.6 Å². The van der Waals surface area contributed by atoms with Crippen LogP contribution >= 0.6 is 0 Å². The number of fused-ring (bicyclic) bond motifs is 1. The molecule has 3 aromatic rings. The number of rotatable bonds is 3. The first kappa shape index (κ1) is 21.5. The SMILES string of the molecule is CCc1[nH]c2nc(-c3ncc(O)cn3)nn2c(=O)c1N1CCN(C(=O)OC(C)(C)C)CC1. The van der Waals surface area contributed by atoms with Crippen LogP contribution in [0.5, 0.6) is 5.75 Å². The molecule has 4 heterocycles. The molecule has 0 spiro atoms. The van der Waals surface area contributed by atoms with Crippen LogP contribution < -0.4 is 10.5 Å². The van der Waals surface area contributed by atoms with Crippen molar-refractivity contribution in [3.63, 3.8) is 0 Å². The Morgan fingerprint density at radius 2 is 1.81 bits per heavy atom. The van der Waals surface area contributed by atoms with Crippen molar-refractivity contribution in [3.05, 3.63) is 28.4 Å². The lowest BCUT2D eigenvalue weighted by Gasteiger charge is -2.36. The van der Waals surface area contributed by atoms with Crippen molar-refractivity contribution >= 4 is 17.6 Å². The van der Waals surface area contributed by atoms with E-state index >= 15 is 0 Å². The Labute approximate surface area is 183 Å². The van der Waals surface area contributed by atoms with E-state index in [2.05, 4.69) is 25.0 Å². The van der Waals surface area contributed by atoms with E-state index in [4.69, 9.17) is 4.74 Å². The van der Waals surface area contributed by atoms with E-state index in [1.807, 2.05) is 32.6 Å². The monoisotopic (exact) mass is 442 g/mol. The van der Waals surface area contributed by atoms with Gasteiger partial charge in [0, 0.05) is 31.9 Å². The molecule has 32 heavy (non-hydrogen) atoms. The molecular weight excluding hydrogens is 416 g/mol. The summed E-state index contributed by atoms with van der Waals surface area (Å²) >= 11 is 0. The number of nitrogens with one attached hydrogen (secondary N) is 1. The molecule has 4 rings (SSSR count). The molecule has 12 heteroatoms. The maximum atomic E-state index is 13.3. The lowest BCUT2D eigenvalue weighted by atomic mass is 10.2. The third kappa shape index (κ3) is 4.20. The average Bonchev–Trinajstić information content (AvgIpc) is 3.17. The maximum absolute atomic E-state index is 13.3. The molecule has 0 aliphatic carbocycles. The van der Waals surface area contributed by atoms with Crippen LogP contribution in [0.3, 0.4) is 0 Å². The number of ether oxygens (including phenoxy) is 1. The van der Waals surface area contributed by atoms with Gasteiger partial charge in [0.05, 0.1) is 12.4 Å². The van der Waals surface area contributed by atoms with Gasteiger partial charge in [-0.25, -0.2) is 14.8 Å². The fourth-order valence-electron chi connectivity index (χ4n) is 3.51. The minimum Gasteiger partial charge on any atom is -0.505 e. The number of nitrogens with zero attached hydrogens (tertiary/aromatic N) is 7. The zero-order valence-corrected chi connectivity index (χ0v) is 18.5. The quantitative estimate of drug-likeness (QED) is 0.612. The second-order valence-corrected chi connectivity index (χ2v) is 8.50. The number of amides is 1. The zero-order chi connectivity index (χ0) is 23.0. The fraction of sp³-hybridized carbons (Fsp3) is 0.500. The second-order valence-electron chi connectivity index (χ2n) is 8.50. The molecule has 1 aliphatic rings. The van der Waals surface area contributed by atoms with E-state index in [0.717, 1.165) is 5.69 Å². The molecular formula is C20H26N8O4. The number of anilines is 1. The van der Waals surface area contributed by atoms with Crippen molar-refractivity contribution in [1.82, 2.24) is 34.4 Å². The number of piperazine rings is 1. The van der Waals surface area contributed by atoms with Crippen molar-refractivity contribution in [2.45, 2.75) is 39.7 Å². The number of carbonyl (C=O) groups excluding carboxylic acids is 1. The van der Waals surface area contributed by atoms with Crippen molar-refractivity contribution < 1.29 is 14.6 Å². The van der Waals surface area contributed by atoms with Gasteiger partial charge in [-0.3, -0.25) is 4.79 Å². The predicted octanol–water partition coefficient (Wildman–Crippen LogP) is 1.20. The van der Waals surface area contributed by atoms with Crippen LogP contribution in [-0.2, 0) is 11.2 Å². The number of aryl methyl sites for hydroxylation is 1. The highest BCUT2D eigenvalue weighted by Gasteiger charge is 2.28. The zero-order valence-electron chi connectivity index (χ0n) is 18.5. The highest BCUT2D eigenvalue weighted by molar-refractivity contribution is 5.68. The summed E-state index contributed by atoms with van der Waals surface area (Å²) in [5.74, 6) is 0.585. The Bertz CT molecular complexity index is 1190. The number of H-pyrrole nitrogens is 1. The molecule has 1 aliphatic heterocycles. The molecule has 3 aromatic heterocycles. The molecule has 0 aromatic carbocycles. The topological polar surface area (TPSA) is 142 Å². The molecule has 0 radical (unpaired) electrons. The smallest absolute Gasteiger partial charge is 0.410 e. The van der Waals surface area contributed by atoms with Crippen LogP contribution in [0.4, 0.5) is 10.5 Å². The summed E-state index contributed by atoms with van der Waals surface area (Å²) in [5.41, 5.74) is 0.377. The van der Waals surface area contributed by atoms with Gasteiger partial charge in [0.25, 0.3) is 5.56 Å². The minimum absolute atomic E-state index is 0.0744. The van der Waals surface area contributed by atoms with Gasteiger partial charge >= 0.3 is 6.09 Å². The van der Waals surface area contributed by atoms with E-state index in [1.54, 1.807) is 4.90 Å². The summed E-state index contributed by atoms with van der Waals surface area (Å²) in [6.07, 6.45) is 2.71. The largest absolute Gasteiger partial charge is 0.505 e. The second kappa shape index (κ2) is 8.09. The van der Waals surface area contributed by atoms with Gasteiger partial charge < -0.3 is 24.6 Å². The summed E-state index contributed by atoms with van der Waals surface area (Å²) in [7, 11) is 0. The van der Waals surface area contributed by atoms with Gasteiger partial charge in [-0.1, -0.05) is 6.92 Å². The number of hydrogen-bond donors (Lipinski definition) is 2. The molecule has 0 bridgehead atoms. The first-order valence-corrected chi connectivity index (χ1v) is 10.4. The first-order valence-electron chi connectivity index (χ1n) is 10.4. The summed E-state index contributed by atoms with van der Waals surface area (Å²) in [4.78, 5) is 44.8. The molecule has 0 unspecified atom stereocenters. The minimum atomic E-state index is -0.558. The Morgan fingerprint density at radius 1 is 1.16 bits per heavy atom. The van der Waals surface area contributed by atoms with Gasteiger partial charge in [-0.2, -0.15) is 9.50 Å². The lowest BCUT2D eigenvalue weighted by Crippen LogP contribution is -2.51. The highest BCUT2D eigenvalue weighted by atomic mass is 16.6. The Morgan fingerprint density at radius 3 is 2.41 bits per heavy atom. The molecule has 1 saturated heterocycles. The fourth-order valence-corrected chi connectivity index (χ4v) is 3.51.